The average Bonchev–Trinajstić information content (AvgIpc) is 3.56. The van der Waals surface area contributed by atoms with Crippen molar-refractivity contribution in [2.24, 2.45) is 0 Å². The molecule has 0 spiro atoms. The van der Waals surface area contributed by atoms with Gasteiger partial charge >= 0.3 is 13.3 Å². The molecule has 0 unspecified atom stereocenters. The standard InChI is InChI=1S/C29H28F2N5O6PS/c30-29(31,43(40,41)42)18-7-10-22-17(12-18)13-23(44-22)25(37)34-20-5-3-4-19-8-9-21(36(19)26(20)38)27(39)35-15-28(14-32,16-35)24-6-1-2-11-33-24/h1-2,6-7,10-13,19-21H,3-5,8-9,15-16H2,(H,34,37)(H2,40,41,42)/t19-,20-,21-/m0/s1. The number of nitrogens with one attached hydrogen (secondary N) is 1. The first-order chi connectivity index (χ1) is 20.8. The Kier molecular flexibility index (Phi) is 7.57. The number of amides is 3. The van der Waals surface area contributed by atoms with Crippen LogP contribution < -0.4 is 5.32 Å². The van der Waals surface area contributed by atoms with Gasteiger partial charge in [-0.15, -0.1) is 11.3 Å². The highest BCUT2D eigenvalue weighted by Gasteiger charge is 2.53. The van der Waals surface area contributed by atoms with Crippen LogP contribution in [0.5, 0.6) is 0 Å². The van der Waals surface area contributed by atoms with E-state index in [4.69, 9.17) is 9.79 Å². The molecule has 6 rings (SSSR count). The molecule has 3 saturated heterocycles. The first-order valence-electron chi connectivity index (χ1n) is 14.1. The number of benzene rings is 1. The molecule has 2 aromatic heterocycles. The zero-order valence-corrected chi connectivity index (χ0v) is 24.9. The molecule has 3 aliphatic heterocycles. The van der Waals surface area contributed by atoms with Gasteiger partial charge in [0.15, 0.2) is 0 Å². The molecule has 0 radical (unpaired) electrons. The normalized spacial score (nSPS) is 23.4. The van der Waals surface area contributed by atoms with Crippen molar-refractivity contribution in [1.29, 1.82) is 5.26 Å². The van der Waals surface area contributed by atoms with Gasteiger partial charge in [-0.3, -0.25) is 23.9 Å². The molecule has 3 aromatic rings. The summed E-state index contributed by atoms with van der Waals surface area (Å²) in [5.41, 5.74) is -5.56. The summed E-state index contributed by atoms with van der Waals surface area (Å²) in [7, 11) is -5.76. The van der Waals surface area contributed by atoms with Crippen LogP contribution in [-0.4, -0.2) is 73.5 Å². The topological polar surface area (TPSA) is 164 Å². The number of aromatic nitrogens is 1. The molecule has 3 aliphatic rings. The van der Waals surface area contributed by atoms with Crippen molar-refractivity contribution in [2.45, 2.75) is 61.3 Å². The van der Waals surface area contributed by atoms with Gasteiger partial charge in [0, 0.05) is 35.6 Å². The van der Waals surface area contributed by atoms with Crippen LogP contribution in [0.1, 0.15) is 53.0 Å². The first-order valence-corrected chi connectivity index (χ1v) is 16.5. The Morgan fingerprint density at radius 2 is 1.91 bits per heavy atom. The van der Waals surface area contributed by atoms with Crippen LogP contribution >= 0.6 is 18.9 Å². The minimum atomic E-state index is -5.76. The molecule has 5 heterocycles. The smallest absolute Gasteiger partial charge is 0.340 e. The van der Waals surface area contributed by atoms with Gasteiger partial charge in [-0.2, -0.15) is 14.0 Å². The van der Waals surface area contributed by atoms with Crippen molar-refractivity contribution < 1.29 is 37.5 Å². The lowest BCUT2D eigenvalue weighted by molar-refractivity contribution is -0.150. The van der Waals surface area contributed by atoms with Crippen molar-refractivity contribution in [3.05, 3.63) is 64.8 Å². The molecule has 3 fully saturated rings. The van der Waals surface area contributed by atoms with Crippen molar-refractivity contribution in [2.75, 3.05) is 13.1 Å². The number of pyridine rings is 1. The number of thiophene rings is 1. The summed E-state index contributed by atoms with van der Waals surface area (Å²) in [6.07, 6.45) is 4.42. The van der Waals surface area contributed by atoms with E-state index in [-0.39, 0.29) is 41.2 Å². The Morgan fingerprint density at radius 1 is 1.14 bits per heavy atom. The van der Waals surface area contributed by atoms with Crippen LogP contribution in [0.15, 0.2) is 48.7 Å². The third kappa shape index (κ3) is 5.07. The number of nitrogens with zero attached hydrogens (tertiary/aromatic N) is 4. The number of nitriles is 1. The van der Waals surface area contributed by atoms with Crippen LogP contribution in [0, 0.1) is 11.3 Å². The molecule has 11 nitrogen and oxygen atoms in total. The summed E-state index contributed by atoms with van der Waals surface area (Å²) >= 11 is 0.999. The fourth-order valence-corrected chi connectivity index (χ4v) is 7.81. The largest absolute Gasteiger partial charge is 0.399 e. The van der Waals surface area contributed by atoms with E-state index in [1.54, 1.807) is 34.2 Å². The van der Waals surface area contributed by atoms with Gasteiger partial charge in [0.05, 0.1) is 16.6 Å². The van der Waals surface area contributed by atoms with Gasteiger partial charge in [-0.1, -0.05) is 12.1 Å². The fraction of sp³-hybridized carbons (Fsp3) is 0.414. The third-order valence-corrected chi connectivity index (χ3v) is 10.8. The zero-order chi connectivity index (χ0) is 31.4. The van der Waals surface area contributed by atoms with E-state index in [9.17, 15) is 33.0 Å². The molecule has 0 bridgehead atoms. The molecule has 0 saturated carbocycles. The summed E-state index contributed by atoms with van der Waals surface area (Å²) in [6.45, 7) is 0.354. The van der Waals surface area contributed by atoms with Gasteiger partial charge in [-0.05, 0) is 67.8 Å². The summed E-state index contributed by atoms with van der Waals surface area (Å²) in [6, 6.07) is 10.3. The quantitative estimate of drug-likeness (QED) is 0.344. The molecule has 3 amide bonds. The SMILES string of the molecule is N#CC1(c2ccccn2)CN(C(=O)[C@@H]2CC[C@@H]3CCC[C@H](NC(=O)c4cc5cc(C(F)(F)P(=O)(O)O)ccc5s4)C(=O)N32)C1. The molecule has 15 heteroatoms. The molecule has 230 valence electrons. The van der Waals surface area contributed by atoms with Crippen LogP contribution in [-0.2, 0) is 25.2 Å². The predicted molar refractivity (Wildman–Crippen MR) is 155 cm³/mol. The number of halogens is 2. The summed E-state index contributed by atoms with van der Waals surface area (Å²) in [5, 5.41) is 12.8. The van der Waals surface area contributed by atoms with Crippen LogP contribution in [0.25, 0.3) is 10.1 Å². The molecular weight excluding hydrogens is 615 g/mol. The second-order valence-corrected chi connectivity index (χ2v) is 14.2. The maximum atomic E-state index is 14.2. The number of likely N-dealkylation sites (tertiary alicyclic amines) is 1. The lowest BCUT2D eigenvalue weighted by Crippen LogP contribution is -2.64. The molecule has 0 aliphatic carbocycles. The second-order valence-electron chi connectivity index (χ2n) is 11.5. The highest BCUT2D eigenvalue weighted by atomic mass is 32.1. The van der Waals surface area contributed by atoms with Crippen LogP contribution in [0.4, 0.5) is 8.78 Å². The summed E-state index contributed by atoms with van der Waals surface area (Å²) < 4.78 is 40.2. The third-order valence-electron chi connectivity index (χ3n) is 8.73. The Labute approximate surface area is 254 Å². The van der Waals surface area contributed by atoms with E-state index in [1.165, 1.54) is 12.1 Å². The lowest BCUT2D eigenvalue weighted by Gasteiger charge is -2.47. The monoisotopic (exact) mass is 643 g/mol. The highest BCUT2D eigenvalue weighted by molar-refractivity contribution is 7.52. The summed E-state index contributed by atoms with van der Waals surface area (Å²) in [4.78, 5) is 66.4. The van der Waals surface area contributed by atoms with Crippen LogP contribution in [0.2, 0.25) is 0 Å². The van der Waals surface area contributed by atoms with Gasteiger partial charge in [-0.25, -0.2) is 0 Å². The van der Waals surface area contributed by atoms with Crippen molar-refractivity contribution in [3.63, 3.8) is 0 Å². The number of hydrogen-bond acceptors (Lipinski definition) is 7. The average molecular weight is 644 g/mol. The maximum absolute atomic E-state index is 14.2. The van der Waals surface area contributed by atoms with Crippen molar-refractivity contribution >= 4 is 46.7 Å². The summed E-state index contributed by atoms with van der Waals surface area (Å²) in [5.74, 6) is -1.19. The van der Waals surface area contributed by atoms with Crippen molar-refractivity contribution in [3.8, 4) is 6.07 Å². The Balaban J connectivity index is 1.16. The molecule has 3 N–H and O–H groups in total. The van der Waals surface area contributed by atoms with E-state index in [0.717, 1.165) is 23.5 Å². The lowest BCUT2D eigenvalue weighted by atomic mass is 9.77. The molecule has 3 atom stereocenters. The Morgan fingerprint density at radius 3 is 2.59 bits per heavy atom. The maximum Gasteiger partial charge on any atom is 0.399 e. The molecular formula is C29H28F2N5O6PS. The van der Waals surface area contributed by atoms with Gasteiger partial charge in [0.25, 0.3) is 5.91 Å². The Hall–Kier alpha value is -3.76. The zero-order valence-electron chi connectivity index (χ0n) is 23.2. The number of alkyl halides is 2. The number of hydrogen-bond donors (Lipinski definition) is 3. The number of carbonyl (C=O) groups excluding carboxylic acids is 3. The molecule has 1 aromatic carbocycles. The van der Waals surface area contributed by atoms with Gasteiger partial charge in [0.2, 0.25) is 11.8 Å². The Bertz CT molecular complexity index is 1730. The molecule has 44 heavy (non-hydrogen) atoms. The van der Waals surface area contributed by atoms with E-state index in [2.05, 4.69) is 16.4 Å². The predicted octanol–water partition coefficient (Wildman–Crippen LogP) is 3.47. The van der Waals surface area contributed by atoms with Gasteiger partial charge in [0.1, 0.15) is 17.5 Å². The first kappa shape index (κ1) is 30.3. The van der Waals surface area contributed by atoms with Crippen LogP contribution in [0.3, 0.4) is 0 Å². The second kappa shape index (κ2) is 11.0. The minimum Gasteiger partial charge on any atom is -0.340 e. The van der Waals surface area contributed by atoms with E-state index < -0.39 is 42.2 Å². The fourth-order valence-electron chi connectivity index (χ4n) is 6.38. The number of rotatable bonds is 6. The van der Waals surface area contributed by atoms with E-state index in [0.29, 0.717) is 42.5 Å². The van der Waals surface area contributed by atoms with Crippen molar-refractivity contribution in [1.82, 2.24) is 20.1 Å². The number of carbonyl (C=O) groups is 3. The highest BCUT2D eigenvalue weighted by Crippen LogP contribution is 2.59. The van der Waals surface area contributed by atoms with Gasteiger partial charge < -0.3 is 24.9 Å². The number of fused-ring (bicyclic) bond motifs is 2. The van der Waals surface area contributed by atoms with E-state index >= 15 is 0 Å². The minimum absolute atomic E-state index is 0.141. The van der Waals surface area contributed by atoms with E-state index in [1.807, 2.05) is 0 Å².